The summed E-state index contributed by atoms with van der Waals surface area (Å²) in [5.74, 6) is 0. The summed E-state index contributed by atoms with van der Waals surface area (Å²) in [5.41, 5.74) is 0. The summed E-state index contributed by atoms with van der Waals surface area (Å²) in [4.78, 5) is 3.84. The third-order valence-electron chi connectivity index (χ3n) is 0.556. The van der Waals surface area contributed by atoms with Crippen LogP contribution in [0, 0.1) is 0 Å². The van der Waals surface area contributed by atoms with Crippen molar-refractivity contribution < 1.29 is 4.42 Å². The van der Waals surface area contributed by atoms with E-state index in [1.165, 1.54) is 0 Å². The van der Waals surface area contributed by atoms with Gasteiger partial charge < -0.3 is 0 Å². The molecule has 0 unspecified atom stereocenters. The van der Waals surface area contributed by atoms with Crippen LogP contribution in [0.1, 0.15) is 0 Å². The molecule has 0 aliphatic heterocycles. The minimum absolute atomic E-state index is 0.464. The van der Waals surface area contributed by atoms with Gasteiger partial charge in [0, 0.05) is 0 Å². The second-order valence-electron chi connectivity index (χ2n) is 1.05. The molecule has 0 radical (unpaired) electrons. The van der Waals surface area contributed by atoms with Crippen LogP contribution in [-0.2, 0) is 0 Å². The van der Waals surface area contributed by atoms with E-state index >= 15 is 0 Å². The Labute approximate surface area is 48.7 Å². The number of nitrogens with zero attached hydrogens (tertiary/aromatic N) is 1. The van der Waals surface area contributed by atoms with Gasteiger partial charge in [-0.05, 0) is 0 Å². The molecular formula is C3H5NOSn. The molecule has 0 amide bonds. The summed E-state index contributed by atoms with van der Waals surface area (Å²) in [6.07, 6.45) is 3.28. The third kappa shape index (κ3) is 0.739. The Balaban J connectivity index is 3.05. The van der Waals surface area contributed by atoms with Crippen molar-refractivity contribution in [3.05, 3.63) is 12.5 Å². The molecule has 0 fully saturated rings. The Hall–Kier alpha value is 0.00870. The molecule has 3 heteroatoms. The van der Waals surface area contributed by atoms with E-state index in [1.54, 1.807) is 12.5 Å². The van der Waals surface area contributed by atoms with E-state index < -0.39 is 0 Å². The molecule has 6 heavy (non-hydrogen) atoms. The van der Waals surface area contributed by atoms with E-state index in [4.69, 9.17) is 4.42 Å². The van der Waals surface area contributed by atoms with Gasteiger partial charge in [0.1, 0.15) is 0 Å². The molecule has 0 aliphatic rings. The number of rotatable bonds is 0. The summed E-state index contributed by atoms with van der Waals surface area (Å²) < 4.78 is 5.74. The fourth-order valence-electron chi connectivity index (χ4n) is 0.295. The number of aromatic nitrogens is 1. The van der Waals surface area contributed by atoms with Crippen LogP contribution in [0.3, 0.4) is 0 Å². The quantitative estimate of drug-likeness (QED) is 0.473. The monoisotopic (exact) mass is 191 g/mol. The van der Waals surface area contributed by atoms with E-state index in [-0.39, 0.29) is 0 Å². The van der Waals surface area contributed by atoms with Crippen LogP contribution in [-0.4, -0.2) is 27.5 Å². The van der Waals surface area contributed by atoms with Crippen LogP contribution < -0.4 is 3.91 Å². The summed E-state index contributed by atoms with van der Waals surface area (Å²) >= 11 is 0.464. The van der Waals surface area contributed by atoms with Crippen LogP contribution in [0.2, 0.25) is 0 Å². The first-order valence-electron chi connectivity index (χ1n) is 1.75. The Morgan fingerprint density at radius 3 is 2.83 bits per heavy atom. The van der Waals surface area contributed by atoms with Gasteiger partial charge >= 0.3 is 48.3 Å². The molecule has 0 saturated heterocycles. The van der Waals surface area contributed by atoms with E-state index in [0.717, 1.165) is 3.91 Å². The molecule has 0 atom stereocenters. The van der Waals surface area contributed by atoms with Gasteiger partial charge in [0.2, 0.25) is 0 Å². The molecule has 1 heterocycles. The predicted molar refractivity (Wildman–Crippen MR) is 26.1 cm³/mol. The zero-order chi connectivity index (χ0) is 4.41. The number of oxazole rings is 1. The second-order valence-corrected chi connectivity index (χ2v) is 3.49. The molecule has 32 valence electrons. The topological polar surface area (TPSA) is 26.0 Å². The van der Waals surface area contributed by atoms with Gasteiger partial charge in [-0.1, -0.05) is 0 Å². The van der Waals surface area contributed by atoms with Crippen molar-refractivity contribution in [1.82, 2.24) is 4.98 Å². The molecule has 2 nitrogen and oxygen atoms in total. The Bertz CT molecular complexity index is 114. The van der Waals surface area contributed by atoms with Crippen LogP contribution in [0.4, 0.5) is 0 Å². The summed E-state index contributed by atoms with van der Waals surface area (Å²) in [5, 5.41) is 0. The predicted octanol–water partition coefficient (Wildman–Crippen LogP) is -1.33. The van der Waals surface area contributed by atoms with Gasteiger partial charge in [-0.2, -0.15) is 0 Å². The third-order valence-corrected chi connectivity index (χ3v) is 1.97. The molecule has 0 spiro atoms. The number of hydrogen-bond donors (Lipinski definition) is 0. The fraction of sp³-hybridized carbons (Fsp3) is 0. The van der Waals surface area contributed by atoms with Gasteiger partial charge in [-0.15, -0.1) is 0 Å². The average molecular weight is 190 g/mol. The molecule has 1 rings (SSSR count). The van der Waals surface area contributed by atoms with E-state index in [9.17, 15) is 0 Å². The van der Waals surface area contributed by atoms with E-state index in [1.807, 2.05) is 0 Å². The summed E-state index contributed by atoms with van der Waals surface area (Å²) in [7, 11) is 0. The van der Waals surface area contributed by atoms with Crippen molar-refractivity contribution in [2.45, 2.75) is 0 Å². The first-order valence-corrected chi connectivity index (χ1v) is 4.61. The maximum absolute atomic E-state index is 4.82. The molecule has 0 aliphatic carbocycles. The van der Waals surface area contributed by atoms with Crippen LogP contribution in [0.25, 0.3) is 0 Å². The number of hydrogen-bond acceptors (Lipinski definition) is 2. The van der Waals surface area contributed by atoms with Crippen molar-refractivity contribution >= 4 is 26.4 Å². The van der Waals surface area contributed by atoms with Crippen molar-refractivity contribution in [3.8, 4) is 0 Å². The Morgan fingerprint density at radius 1 is 1.83 bits per heavy atom. The summed E-state index contributed by atoms with van der Waals surface area (Å²) in [6, 6.07) is 0. The molecule has 1 aromatic heterocycles. The normalized spacial score (nSPS) is 9.33. The van der Waals surface area contributed by atoms with Crippen LogP contribution >= 0.6 is 0 Å². The van der Waals surface area contributed by atoms with Crippen molar-refractivity contribution in [2.75, 3.05) is 0 Å². The first-order chi connectivity index (χ1) is 2.89. The Kier molecular flexibility index (Phi) is 1.14. The van der Waals surface area contributed by atoms with Gasteiger partial charge in [-0.25, -0.2) is 0 Å². The van der Waals surface area contributed by atoms with Crippen molar-refractivity contribution in [3.63, 3.8) is 0 Å². The van der Waals surface area contributed by atoms with Crippen LogP contribution in [0.15, 0.2) is 16.9 Å². The van der Waals surface area contributed by atoms with E-state index in [2.05, 4.69) is 4.98 Å². The SMILES string of the molecule is [SnH3][c]1ncco1. The maximum atomic E-state index is 4.82. The average Bonchev–Trinajstić information content (AvgIpc) is 1.86. The van der Waals surface area contributed by atoms with Gasteiger partial charge in [0.25, 0.3) is 0 Å². The molecule has 1 aromatic rings. The minimum atomic E-state index is 0.464. The van der Waals surface area contributed by atoms with Gasteiger partial charge in [-0.3, -0.25) is 0 Å². The zero-order valence-electron chi connectivity index (χ0n) is 3.51. The molecule has 0 N–H and O–H groups in total. The molecule has 0 bridgehead atoms. The first kappa shape index (κ1) is 4.18. The van der Waals surface area contributed by atoms with Gasteiger partial charge in [0.05, 0.1) is 0 Å². The van der Waals surface area contributed by atoms with Crippen molar-refractivity contribution in [1.29, 1.82) is 0 Å². The van der Waals surface area contributed by atoms with Crippen LogP contribution in [0.5, 0.6) is 0 Å². The molecular weight excluding hydrogens is 185 g/mol. The second kappa shape index (κ2) is 1.64. The van der Waals surface area contributed by atoms with Crippen molar-refractivity contribution in [2.24, 2.45) is 0 Å². The zero-order valence-corrected chi connectivity index (χ0v) is 9.22. The standard InChI is InChI=1S/C3H2NO.Sn.3H/c1-2-5-3-4-1;;;;/h1-2H;;;;. The van der Waals surface area contributed by atoms with Gasteiger partial charge in [0.15, 0.2) is 0 Å². The summed E-state index contributed by atoms with van der Waals surface area (Å²) in [6.45, 7) is 0. The van der Waals surface area contributed by atoms with E-state index in [0.29, 0.717) is 22.5 Å². The molecule has 0 saturated carbocycles. The Morgan fingerprint density at radius 2 is 2.67 bits per heavy atom. The fourth-order valence-corrected chi connectivity index (χ4v) is 1.11. The molecule has 0 aromatic carbocycles.